The molecule has 1 heterocycles. The molecule has 4 aromatic rings. The van der Waals surface area contributed by atoms with Gasteiger partial charge in [-0.25, -0.2) is 13.8 Å². The zero-order valence-electron chi connectivity index (χ0n) is 16.8. The van der Waals surface area contributed by atoms with Crippen molar-refractivity contribution in [1.82, 2.24) is 15.3 Å². The van der Waals surface area contributed by atoms with Crippen LogP contribution in [0.4, 0.5) is 23.2 Å². The lowest BCUT2D eigenvalue weighted by molar-refractivity contribution is 0.0966. The van der Waals surface area contributed by atoms with Crippen LogP contribution < -0.4 is 15.4 Å². The summed E-state index contributed by atoms with van der Waals surface area (Å²) in [5.74, 6) is -9.64. The number of methoxy groups -OCH3 is 1. The third-order valence-electron chi connectivity index (χ3n) is 4.66. The van der Waals surface area contributed by atoms with Gasteiger partial charge in [0.25, 0.3) is 5.91 Å². The highest BCUT2D eigenvalue weighted by Crippen LogP contribution is 2.30. The van der Waals surface area contributed by atoms with Gasteiger partial charge in [0, 0.05) is 11.3 Å². The van der Waals surface area contributed by atoms with Gasteiger partial charge in [-0.2, -0.15) is 8.78 Å². The Balaban J connectivity index is 1.53. The number of nitrogens with one attached hydrogen (secondary N) is 3. The lowest BCUT2D eigenvalue weighted by Gasteiger charge is -2.13. The van der Waals surface area contributed by atoms with Crippen LogP contribution in [0.5, 0.6) is 5.75 Å². The van der Waals surface area contributed by atoms with E-state index in [1.54, 1.807) is 24.3 Å². The number of nitrogens with zero attached hydrogens (tertiary/aromatic N) is 1. The van der Waals surface area contributed by atoms with Crippen LogP contribution in [0.15, 0.2) is 48.5 Å². The number of amides is 1. The number of halogens is 4. The van der Waals surface area contributed by atoms with E-state index in [2.05, 4.69) is 20.0 Å². The number of imidazole rings is 1. The Labute approximate surface area is 189 Å². The highest BCUT2D eigenvalue weighted by atomic mass is 32.1. The van der Waals surface area contributed by atoms with Gasteiger partial charge in [0.1, 0.15) is 11.4 Å². The fourth-order valence-corrected chi connectivity index (χ4v) is 3.36. The normalized spacial score (nSPS) is 10.8. The van der Waals surface area contributed by atoms with Crippen molar-refractivity contribution in [3.05, 3.63) is 77.4 Å². The summed E-state index contributed by atoms with van der Waals surface area (Å²) in [6.45, 7) is 0. The second kappa shape index (κ2) is 8.87. The van der Waals surface area contributed by atoms with Gasteiger partial charge in [0.05, 0.1) is 18.1 Å². The molecule has 6 nitrogen and oxygen atoms in total. The van der Waals surface area contributed by atoms with Crippen molar-refractivity contribution in [3.63, 3.8) is 0 Å². The van der Waals surface area contributed by atoms with Crippen molar-refractivity contribution in [2.24, 2.45) is 0 Å². The number of hydrogen-bond acceptors (Lipinski definition) is 4. The largest absolute Gasteiger partial charge is 0.491 e. The lowest BCUT2D eigenvalue weighted by atomic mass is 10.1. The van der Waals surface area contributed by atoms with Gasteiger partial charge in [0.2, 0.25) is 11.6 Å². The Kier molecular flexibility index (Phi) is 5.97. The van der Waals surface area contributed by atoms with Crippen molar-refractivity contribution in [2.45, 2.75) is 0 Å². The fraction of sp³-hybridized carbons (Fsp3) is 0.0455. The SMILES string of the molecule is COc1c(F)c(F)c(C(=O)NC(=S)Nc2cccc(-c3nc4ccccc4[nH]3)c2)c(F)c1F. The maximum atomic E-state index is 14.1. The molecular formula is C22H14F4N4O2S. The number of aromatic nitrogens is 2. The van der Waals surface area contributed by atoms with Crippen LogP contribution in [0, 0.1) is 23.3 Å². The smallest absolute Gasteiger partial charge is 0.263 e. The first-order valence-corrected chi connectivity index (χ1v) is 9.78. The molecular weight excluding hydrogens is 460 g/mol. The summed E-state index contributed by atoms with van der Waals surface area (Å²) >= 11 is 5.00. The molecule has 0 bridgehead atoms. The molecule has 0 saturated heterocycles. The number of H-pyrrole nitrogens is 1. The maximum absolute atomic E-state index is 14.1. The number of fused-ring (bicyclic) bond motifs is 1. The molecule has 0 unspecified atom stereocenters. The summed E-state index contributed by atoms with van der Waals surface area (Å²) in [6.07, 6.45) is 0. The Morgan fingerprint density at radius 3 is 2.36 bits per heavy atom. The highest BCUT2D eigenvalue weighted by molar-refractivity contribution is 7.80. The van der Waals surface area contributed by atoms with Crippen molar-refractivity contribution >= 4 is 40.0 Å². The van der Waals surface area contributed by atoms with E-state index in [0.717, 1.165) is 18.1 Å². The summed E-state index contributed by atoms with van der Waals surface area (Å²) in [5, 5.41) is 4.33. The predicted molar refractivity (Wildman–Crippen MR) is 118 cm³/mol. The van der Waals surface area contributed by atoms with Crippen molar-refractivity contribution in [2.75, 3.05) is 12.4 Å². The molecule has 0 fully saturated rings. The number of para-hydroxylation sites is 2. The average Bonchev–Trinajstić information content (AvgIpc) is 3.23. The number of benzene rings is 3. The zero-order valence-corrected chi connectivity index (χ0v) is 17.6. The van der Waals surface area contributed by atoms with Crippen LogP contribution in [0.25, 0.3) is 22.4 Å². The lowest BCUT2D eigenvalue weighted by Crippen LogP contribution is -2.35. The second-order valence-electron chi connectivity index (χ2n) is 6.76. The average molecular weight is 474 g/mol. The number of ether oxygens (including phenoxy) is 1. The molecule has 4 rings (SSSR count). The minimum absolute atomic E-state index is 0.350. The van der Waals surface area contributed by atoms with Crippen LogP contribution in [0.2, 0.25) is 0 Å². The predicted octanol–water partition coefficient (Wildman–Crippen LogP) is 4.92. The van der Waals surface area contributed by atoms with E-state index < -0.39 is 40.5 Å². The topological polar surface area (TPSA) is 79.0 Å². The quantitative estimate of drug-likeness (QED) is 0.222. The van der Waals surface area contributed by atoms with Gasteiger partial charge in [-0.15, -0.1) is 0 Å². The summed E-state index contributed by atoms with van der Waals surface area (Å²) in [5.41, 5.74) is 1.27. The van der Waals surface area contributed by atoms with E-state index in [0.29, 0.717) is 17.1 Å². The Hall–Kier alpha value is -3.99. The van der Waals surface area contributed by atoms with Crippen molar-refractivity contribution in [3.8, 4) is 17.1 Å². The molecule has 1 amide bonds. The molecule has 1 aromatic heterocycles. The summed E-state index contributed by atoms with van der Waals surface area (Å²) in [7, 11) is 0.832. The molecule has 0 saturated carbocycles. The van der Waals surface area contributed by atoms with E-state index in [-0.39, 0.29) is 5.11 Å². The Bertz CT molecular complexity index is 1340. The Morgan fingerprint density at radius 2 is 1.70 bits per heavy atom. The van der Waals surface area contributed by atoms with Gasteiger partial charge in [-0.3, -0.25) is 10.1 Å². The van der Waals surface area contributed by atoms with Gasteiger partial charge < -0.3 is 15.0 Å². The van der Waals surface area contributed by atoms with Crippen LogP contribution in [-0.4, -0.2) is 28.1 Å². The minimum Gasteiger partial charge on any atom is -0.491 e. The number of carbonyl (C=O) groups is 1. The van der Waals surface area contributed by atoms with E-state index >= 15 is 0 Å². The van der Waals surface area contributed by atoms with Crippen molar-refractivity contribution in [1.29, 1.82) is 0 Å². The molecule has 168 valence electrons. The van der Waals surface area contributed by atoms with E-state index in [1.165, 1.54) is 0 Å². The molecule has 0 spiro atoms. The number of hydrogen-bond donors (Lipinski definition) is 3. The highest BCUT2D eigenvalue weighted by Gasteiger charge is 2.30. The van der Waals surface area contributed by atoms with Crippen LogP contribution in [0.1, 0.15) is 10.4 Å². The van der Waals surface area contributed by atoms with Crippen LogP contribution in [0.3, 0.4) is 0 Å². The first kappa shape index (κ1) is 22.2. The standard InChI is InChI=1S/C22H14F4N4O2S/c1-32-19-17(25)15(23)14(16(24)18(19)26)21(31)30-22(33)27-11-6-4-5-10(9-11)20-28-12-7-2-3-8-13(12)29-20/h2-9H,1H3,(H,28,29)(H2,27,30,31,33). The molecule has 3 N–H and O–H groups in total. The number of aromatic amines is 1. The molecule has 0 aliphatic heterocycles. The summed E-state index contributed by atoms with van der Waals surface area (Å²) in [4.78, 5) is 19.9. The molecule has 33 heavy (non-hydrogen) atoms. The van der Waals surface area contributed by atoms with Gasteiger partial charge in [-0.1, -0.05) is 24.3 Å². The van der Waals surface area contributed by atoms with Crippen LogP contribution in [-0.2, 0) is 0 Å². The van der Waals surface area contributed by atoms with E-state index in [1.807, 2.05) is 29.6 Å². The van der Waals surface area contributed by atoms with E-state index in [4.69, 9.17) is 12.2 Å². The monoisotopic (exact) mass is 474 g/mol. The maximum Gasteiger partial charge on any atom is 0.263 e. The number of rotatable bonds is 4. The molecule has 11 heteroatoms. The summed E-state index contributed by atoms with van der Waals surface area (Å²) in [6, 6.07) is 14.2. The van der Waals surface area contributed by atoms with Crippen LogP contribution >= 0.6 is 12.2 Å². The first-order valence-electron chi connectivity index (χ1n) is 9.37. The molecule has 0 atom stereocenters. The number of anilines is 1. The van der Waals surface area contributed by atoms with Gasteiger partial charge in [0.15, 0.2) is 22.5 Å². The third-order valence-corrected chi connectivity index (χ3v) is 4.87. The summed E-state index contributed by atoms with van der Waals surface area (Å²) < 4.78 is 60.4. The number of thiocarbonyl (C=S) groups is 1. The third kappa shape index (κ3) is 4.22. The number of carbonyl (C=O) groups excluding carboxylic acids is 1. The van der Waals surface area contributed by atoms with E-state index in [9.17, 15) is 22.4 Å². The fourth-order valence-electron chi connectivity index (χ4n) is 3.15. The molecule has 0 aliphatic carbocycles. The van der Waals surface area contributed by atoms with Gasteiger partial charge >= 0.3 is 0 Å². The molecule has 0 radical (unpaired) electrons. The van der Waals surface area contributed by atoms with Crippen molar-refractivity contribution < 1.29 is 27.1 Å². The first-order chi connectivity index (χ1) is 15.8. The second-order valence-corrected chi connectivity index (χ2v) is 7.16. The Morgan fingerprint density at radius 1 is 1.00 bits per heavy atom. The molecule has 0 aliphatic rings. The minimum atomic E-state index is -1.90. The zero-order chi connectivity index (χ0) is 23.7. The molecule has 3 aromatic carbocycles. The van der Waals surface area contributed by atoms with Gasteiger partial charge in [-0.05, 0) is 36.5 Å².